The van der Waals surface area contributed by atoms with Crippen LogP contribution in [0.4, 0.5) is 8.78 Å². The molecule has 3 N–H and O–H groups in total. The van der Waals surface area contributed by atoms with E-state index < -0.39 is 38.7 Å². The third-order valence-corrected chi connectivity index (χ3v) is 5.14. The molecular weight excluding hydrogens is 318 g/mol. The summed E-state index contributed by atoms with van der Waals surface area (Å²) in [5, 5.41) is 0. The fourth-order valence-electron chi connectivity index (χ4n) is 1.80. The molecule has 0 amide bonds. The molecule has 0 atom stereocenters. The molecule has 8 heteroatoms. The van der Waals surface area contributed by atoms with E-state index in [0.29, 0.717) is 6.42 Å². The van der Waals surface area contributed by atoms with Crippen molar-refractivity contribution in [2.24, 2.45) is 5.73 Å². The van der Waals surface area contributed by atoms with E-state index in [9.17, 15) is 17.2 Å². The molecule has 0 radical (unpaired) electrons. The van der Waals surface area contributed by atoms with Crippen molar-refractivity contribution >= 4 is 21.8 Å². The van der Waals surface area contributed by atoms with Gasteiger partial charge in [-0.1, -0.05) is 6.42 Å². The average molecular weight is 338 g/mol. The number of rotatable bonds is 9. The first kappa shape index (κ1) is 18.3. The smallest absolute Gasteiger partial charge is 0.243 e. The van der Waals surface area contributed by atoms with Gasteiger partial charge in [0.25, 0.3) is 0 Å². The quantitative estimate of drug-likeness (QED) is 0.677. The molecule has 0 saturated carbocycles. The van der Waals surface area contributed by atoms with Gasteiger partial charge >= 0.3 is 0 Å². The molecule has 0 aromatic heterocycles. The summed E-state index contributed by atoms with van der Waals surface area (Å²) < 4.78 is 53.6. The van der Waals surface area contributed by atoms with E-state index in [2.05, 4.69) is 4.72 Å². The molecule has 0 fully saturated rings. The first-order valence-electron chi connectivity index (χ1n) is 6.59. The predicted octanol–water partition coefficient (Wildman–Crippen LogP) is 2.24. The standard InChI is InChI=1S/C13H20F2N2O2S2/c1-20-8-4-2-3-7-17-21(18,19)12-6-5-11(14)10(9-16)13(12)15/h5-6,17H,2-4,7-9,16H2,1H3. The van der Waals surface area contributed by atoms with E-state index in [1.807, 2.05) is 6.26 Å². The Kier molecular flexibility index (Phi) is 7.58. The Bertz CT molecular complexity index is 566. The lowest BCUT2D eigenvalue weighted by Crippen LogP contribution is -2.26. The Morgan fingerprint density at radius 3 is 2.57 bits per heavy atom. The third-order valence-electron chi connectivity index (χ3n) is 2.96. The number of unbranched alkanes of at least 4 members (excludes halogenated alkanes) is 2. The molecule has 4 nitrogen and oxygen atoms in total. The molecular formula is C13H20F2N2O2S2. The maximum absolute atomic E-state index is 14.0. The van der Waals surface area contributed by atoms with Crippen molar-refractivity contribution in [3.8, 4) is 0 Å². The van der Waals surface area contributed by atoms with E-state index in [1.165, 1.54) is 0 Å². The maximum Gasteiger partial charge on any atom is 0.243 e. The SMILES string of the molecule is CSCCCCCNS(=O)(=O)c1ccc(F)c(CN)c1F. The lowest BCUT2D eigenvalue weighted by molar-refractivity contribution is 0.524. The van der Waals surface area contributed by atoms with Crippen molar-refractivity contribution < 1.29 is 17.2 Å². The maximum atomic E-state index is 14.0. The average Bonchev–Trinajstić information content (AvgIpc) is 2.43. The molecule has 0 aliphatic rings. The molecule has 0 bridgehead atoms. The largest absolute Gasteiger partial charge is 0.326 e. The highest BCUT2D eigenvalue weighted by Gasteiger charge is 2.22. The van der Waals surface area contributed by atoms with Crippen LogP contribution in [0.25, 0.3) is 0 Å². The van der Waals surface area contributed by atoms with Gasteiger partial charge in [-0.2, -0.15) is 11.8 Å². The highest BCUT2D eigenvalue weighted by Crippen LogP contribution is 2.20. The zero-order valence-electron chi connectivity index (χ0n) is 11.9. The number of thioether (sulfide) groups is 1. The lowest BCUT2D eigenvalue weighted by Gasteiger charge is -2.10. The fraction of sp³-hybridized carbons (Fsp3) is 0.538. The number of sulfonamides is 1. The van der Waals surface area contributed by atoms with Gasteiger partial charge in [0.15, 0.2) is 5.82 Å². The number of hydrogen-bond donors (Lipinski definition) is 2. The highest BCUT2D eigenvalue weighted by molar-refractivity contribution is 7.98. The molecule has 1 rings (SSSR count). The summed E-state index contributed by atoms with van der Waals surface area (Å²) in [7, 11) is -3.99. The number of nitrogens with two attached hydrogens (primary N) is 1. The fourth-order valence-corrected chi connectivity index (χ4v) is 3.47. The van der Waals surface area contributed by atoms with E-state index in [0.717, 1.165) is 30.7 Å². The van der Waals surface area contributed by atoms with Crippen molar-refractivity contribution in [2.45, 2.75) is 30.7 Å². The summed E-state index contributed by atoms with van der Waals surface area (Å²) in [6, 6.07) is 1.83. The third kappa shape index (κ3) is 5.21. The number of halogens is 2. The molecule has 0 saturated heterocycles. The molecule has 0 unspecified atom stereocenters. The van der Waals surface area contributed by atoms with Gasteiger partial charge in [-0.15, -0.1) is 0 Å². The number of benzene rings is 1. The van der Waals surface area contributed by atoms with Crippen molar-refractivity contribution in [1.82, 2.24) is 4.72 Å². The minimum atomic E-state index is -3.99. The van der Waals surface area contributed by atoms with Crippen LogP contribution in [0.1, 0.15) is 24.8 Å². The molecule has 0 aliphatic carbocycles. The van der Waals surface area contributed by atoms with E-state index in [-0.39, 0.29) is 6.54 Å². The van der Waals surface area contributed by atoms with Crippen LogP contribution < -0.4 is 10.5 Å². The number of nitrogens with one attached hydrogen (secondary N) is 1. The van der Waals surface area contributed by atoms with Crippen LogP contribution >= 0.6 is 11.8 Å². The Balaban J connectivity index is 2.71. The highest BCUT2D eigenvalue weighted by atomic mass is 32.2. The Morgan fingerprint density at radius 1 is 1.24 bits per heavy atom. The van der Waals surface area contributed by atoms with Gasteiger partial charge in [-0.25, -0.2) is 21.9 Å². The zero-order chi connectivity index (χ0) is 15.9. The molecule has 1 aromatic rings. The number of hydrogen-bond acceptors (Lipinski definition) is 4. The van der Waals surface area contributed by atoms with E-state index in [1.54, 1.807) is 11.8 Å². The summed E-state index contributed by atoms with van der Waals surface area (Å²) in [6.07, 6.45) is 4.58. The van der Waals surface area contributed by atoms with Crippen LogP contribution in [0.15, 0.2) is 17.0 Å². The van der Waals surface area contributed by atoms with Crippen molar-refractivity contribution in [3.63, 3.8) is 0 Å². The summed E-state index contributed by atoms with van der Waals surface area (Å²) in [5.74, 6) is -0.933. The topological polar surface area (TPSA) is 72.2 Å². The minimum absolute atomic E-state index is 0.228. The second kappa shape index (κ2) is 8.67. The molecule has 0 spiro atoms. The first-order chi connectivity index (χ1) is 9.94. The Morgan fingerprint density at radius 2 is 1.95 bits per heavy atom. The van der Waals surface area contributed by atoms with Gasteiger partial charge in [0.1, 0.15) is 10.7 Å². The van der Waals surface area contributed by atoms with E-state index in [4.69, 9.17) is 5.73 Å². The van der Waals surface area contributed by atoms with Crippen LogP contribution in [0, 0.1) is 11.6 Å². The second-order valence-corrected chi connectivity index (χ2v) is 7.21. The van der Waals surface area contributed by atoms with Crippen LogP contribution in [0.5, 0.6) is 0 Å². The zero-order valence-corrected chi connectivity index (χ0v) is 13.5. The second-order valence-electron chi connectivity index (χ2n) is 4.49. The molecule has 1 aromatic carbocycles. The minimum Gasteiger partial charge on any atom is -0.326 e. The van der Waals surface area contributed by atoms with Crippen LogP contribution in [0.2, 0.25) is 0 Å². The van der Waals surface area contributed by atoms with Gasteiger partial charge in [0.2, 0.25) is 10.0 Å². The van der Waals surface area contributed by atoms with Gasteiger partial charge in [-0.05, 0) is 37.0 Å². The van der Waals surface area contributed by atoms with Gasteiger partial charge in [0.05, 0.1) is 0 Å². The van der Waals surface area contributed by atoms with E-state index >= 15 is 0 Å². The summed E-state index contributed by atoms with van der Waals surface area (Å²) in [6.45, 7) is -0.165. The van der Waals surface area contributed by atoms with Crippen LogP contribution in [0.3, 0.4) is 0 Å². The summed E-state index contributed by atoms with van der Waals surface area (Å²) >= 11 is 1.73. The van der Waals surface area contributed by atoms with Gasteiger partial charge < -0.3 is 5.73 Å². The molecule has 120 valence electrons. The van der Waals surface area contributed by atoms with Gasteiger partial charge in [-0.3, -0.25) is 0 Å². The monoisotopic (exact) mass is 338 g/mol. The Labute approximate surface area is 128 Å². The summed E-state index contributed by atoms with van der Waals surface area (Å²) in [5.41, 5.74) is 4.82. The lowest BCUT2D eigenvalue weighted by atomic mass is 10.2. The summed E-state index contributed by atoms with van der Waals surface area (Å²) in [4.78, 5) is -0.562. The molecule has 21 heavy (non-hydrogen) atoms. The predicted molar refractivity (Wildman–Crippen MR) is 81.7 cm³/mol. The first-order valence-corrected chi connectivity index (χ1v) is 9.47. The van der Waals surface area contributed by atoms with Crippen molar-refractivity contribution in [2.75, 3.05) is 18.6 Å². The molecule has 0 heterocycles. The van der Waals surface area contributed by atoms with Crippen molar-refractivity contribution in [1.29, 1.82) is 0 Å². The Hall–Kier alpha value is -0.700. The normalized spacial score (nSPS) is 11.8. The van der Waals surface area contributed by atoms with Crippen LogP contribution in [-0.4, -0.2) is 27.0 Å². The van der Waals surface area contributed by atoms with Crippen molar-refractivity contribution in [3.05, 3.63) is 29.3 Å². The van der Waals surface area contributed by atoms with Gasteiger partial charge in [0, 0.05) is 18.7 Å². The molecule has 0 aliphatic heterocycles. The van der Waals surface area contributed by atoms with Crippen LogP contribution in [-0.2, 0) is 16.6 Å².